The van der Waals surface area contributed by atoms with Crippen molar-refractivity contribution in [1.29, 1.82) is 0 Å². The fourth-order valence-corrected chi connectivity index (χ4v) is 3.90. The predicted octanol–water partition coefficient (Wildman–Crippen LogP) is 4.26. The summed E-state index contributed by atoms with van der Waals surface area (Å²) in [7, 11) is -1.24. The minimum atomic E-state index is -3.20. The molecule has 0 aromatic heterocycles. The van der Waals surface area contributed by atoms with Gasteiger partial charge in [0.15, 0.2) is 9.84 Å². The molecule has 0 saturated carbocycles. The lowest BCUT2D eigenvalue weighted by Crippen LogP contribution is -2.27. The van der Waals surface area contributed by atoms with Crippen LogP contribution in [0.2, 0.25) is 0 Å². The highest BCUT2D eigenvalue weighted by atomic mass is 32.2. The zero-order chi connectivity index (χ0) is 21.0. The third kappa shape index (κ3) is 5.22. The molecule has 0 spiro atoms. The third-order valence-electron chi connectivity index (χ3n) is 5.21. The molecule has 0 aliphatic carbocycles. The average molecular weight is 411 g/mol. The molecule has 0 saturated heterocycles. The summed E-state index contributed by atoms with van der Waals surface area (Å²) in [5.41, 5.74) is 1.83. The summed E-state index contributed by atoms with van der Waals surface area (Å²) in [5.74, 6) is -0.0344. The van der Waals surface area contributed by atoms with E-state index in [9.17, 15) is 13.2 Å². The summed E-state index contributed by atoms with van der Waals surface area (Å²) in [6.07, 6.45) is 1.57. The van der Waals surface area contributed by atoms with Crippen molar-refractivity contribution in [1.82, 2.24) is 4.90 Å². The zero-order valence-corrected chi connectivity index (χ0v) is 17.7. The van der Waals surface area contributed by atoms with Gasteiger partial charge >= 0.3 is 0 Å². The molecule has 5 nitrogen and oxygen atoms in total. The topological polar surface area (TPSA) is 66.5 Å². The van der Waals surface area contributed by atoms with Crippen molar-refractivity contribution < 1.29 is 13.2 Å². The predicted molar refractivity (Wildman–Crippen MR) is 118 cm³/mol. The molecule has 0 radical (unpaired) electrons. The lowest BCUT2D eigenvalue weighted by atomic mass is 10.1. The number of amides is 1. The molecule has 6 heteroatoms. The van der Waals surface area contributed by atoms with E-state index in [1.54, 1.807) is 12.1 Å². The minimum absolute atomic E-state index is 0.0344. The molecule has 0 aliphatic rings. The number of nitrogens with zero attached hydrogens (tertiary/aromatic N) is 1. The highest BCUT2D eigenvalue weighted by molar-refractivity contribution is 7.90. The number of rotatable bonds is 7. The Hall–Kier alpha value is -2.70. The van der Waals surface area contributed by atoms with Crippen LogP contribution in [0.5, 0.6) is 0 Å². The van der Waals surface area contributed by atoms with Crippen LogP contribution in [0.3, 0.4) is 0 Å². The van der Waals surface area contributed by atoms with Gasteiger partial charge in [-0.15, -0.1) is 0 Å². The lowest BCUT2D eigenvalue weighted by Gasteiger charge is -2.25. The number of hydrogen-bond donors (Lipinski definition) is 1. The summed E-state index contributed by atoms with van der Waals surface area (Å²) in [4.78, 5) is 14.9. The van der Waals surface area contributed by atoms with E-state index >= 15 is 0 Å². The smallest absolute Gasteiger partial charge is 0.225 e. The number of carbonyl (C=O) groups excluding carboxylic acids is 1. The Kier molecular flexibility index (Phi) is 6.35. The summed E-state index contributed by atoms with van der Waals surface area (Å²) >= 11 is 0. The van der Waals surface area contributed by atoms with Gasteiger partial charge in [0.05, 0.1) is 4.90 Å². The first-order chi connectivity index (χ1) is 13.8. The standard InChI is InChI=1S/C23H26N2O3S/c1-17(18-11-13-20(14-12-18)29(3,27)28)25(2)16-15-23(26)24-22-10-6-8-19-7-4-5-9-21(19)22/h4-14,17H,15-16H2,1-3H3,(H,24,26)/t17-/m1/s1. The van der Waals surface area contributed by atoms with Gasteiger partial charge in [-0.05, 0) is 43.1 Å². The first kappa shape index (κ1) is 21.0. The Balaban J connectivity index is 1.59. The second-order valence-electron chi connectivity index (χ2n) is 7.32. The molecular weight excluding hydrogens is 384 g/mol. The fourth-order valence-electron chi connectivity index (χ4n) is 3.27. The van der Waals surface area contributed by atoms with Crippen LogP contribution in [0.25, 0.3) is 10.8 Å². The van der Waals surface area contributed by atoms with Crippen molar-refractivity contribution in [2.75, 3.05) is 25.2 Å². The number of benzene rings is 3. The molecule has 3 rings (SSSR count). The van der Waals surface area contributed by atoms with E-state index in [1.807, 2.05) is 68.6 Å². The summed E-state index contributed by atoms with van der Waals surface area (Å²) in [5, 5.41) is 5.13. The van der Waals surface area contributed by atoms with Crippen LogP contribution in [-0.4, -0.2) is 39.1 Å². The minimum Gasteiger partial charge on any atom is -0.325 e. The molecule has 1 atom stereocenters. The summed E-state index contributed by atoms with van der Waals surface area (Å²) in [6.45, 7) is 2.63. The van der Waals surface area contributed by atoms with Gasteiger partial charge in [0, 0.05) is 36.3 Å². The second kappa shape index (κ2) is 8.76. The molecule has 3 aromatic rings. The van der Waals surface area contributed by atoms with Crippen LogP contribution in [-0.2, 0) is 14.6 Å². The highest BCUT2D eigenvalue weighted by Crippen LogP contribution is 2.24. The van der Waals surface area contributed by atoms with Crippen molar-refractivity contribution in [3.05, 3.63) is 72.3 Å². The number of nitrogens with one attached hydrogen (secondary N) is 1. The van der Waals surface area contributed by atoms with Crippen LogP contribution in [0.15, 0.2) is 71.6 Å². The maximum atomic E-state index is 12.5. The number of hydrogen-bond acceptors (Lipinski definition) is 4. The Bertz CT molecular complexity index is 1100. The van der Waals surface area contributed by atoms with E-state index in [2.05, 4.69) is 10.2 Å². The van der Waals surface area contributed by atoms with E-state index in [0.29, 0.717) is 17.9 Å². The zero-order valence-electron chi connectivity index (χ0n) is 16.9. The van der Waals surface area contributed by atoms with Crippen molar-refractivity contribution in [2.24, 2.45) is 0 Å². The molecule has 0 unspecified atom stereocenters. The molecule has 0 heterocycles. The van der Waals surface area contributed by atoms with Crippen molar-refractivity contribution in [3.8, 4) is 0 Å². The van der Waals surface area contributed by atoms with Crippen molar-refractivity contribution in [2.45, 2.75) is 24.3 Å². The quantitative estimate of drug-likeness (QED) is 0.632. The van der Waals surface area contributed by atoms with E-state index in [4.69, 9.17) is 0 Å². The molecule has 0 fully saturated rings. The van der Waals surface area contributed by atoms with Crippen LogP contribution < -0.4 is 5.32 Å². The molecule has 0 bridgehead atoms. The van der Waals surface area contributed by atoms with Crippen LogP contribution in [0.4, 0.5) is 5.69 Å². The number of sulfone groups is 1. The molecule has 3 aromatic carbocycles. The molecule has 1 amide bonds. The van der Waals surface area contributed by atoms with Crippen molar-refractivity contribution in [3.63, 3.8) is 0 Å². The lowest BCUT2D eigenvalue weighted by molar-refractivity contribution is -0.116. The Labute approximate surface area is 172 Å². The van der Waals surface area contributed by atoms with Gasteiger partial charge in [0.25, 0.3) is 0 Å². The van der Waals surface area contributed by atoms with Crippen LogP contribution >= 0.6 is 0 Å². The van der Waals surface area contributed by atoms with Gasteiger partial charge < -0.3 is 5.32 Å². The Morgan fingerprint density at radius 3 is 2.34 bits per heavy atom. The van der Waals surface area contributed by atoms with E-state index < -0.39 is 9.84 Å². The number of carbonyl (C=O) groups is 1. The van der Waals surface area contributed by atoms with Gasteiger partial charge in [0.2, 0.25) is 5.91 Å². The van der Waals surface area contributed by atoms with E-state index in [1.165, 1.54) is 6.26 Å². The molecule has 29 heavy (non-hydrogen) atoms. The van der Waals surface area contributed by atoms with Gasteiger partial charge in [-0.25, -0.2) is 8.42 Å². The maximum absolute atomic E-state index is 12.5. The van der Waals surface area contributed by atoms with Crippen LogP contribution in [0, 0.1) is 0 Å². The number of anilines is 1. The molecule has 152 valence electrons. The summed E-state index contributed by atoms with van der Waals surface area (Å²) in [6, 6.07) is 20.8. The normalized spacial score (nSPS) is 12.8. The monoisotopic (exact) mass is 410 g/mol. The third-order valence-corrected chi connectivity index (χ3v) is 6.34. The maximum Gasteiger partial charge on any atom is 0.225 e. The van der Waals surface area contributed by atoms with E-state index in [0.717, 1.165) is 22.0 Å². The van der Waals surface area contributed by atoms with Crippen molar-refractivity contribution >= 4 is 32.2 Å². The largest absolute Gasteiger partial charge is 0.325 e. The van der Waals surface area contributed by atoms with Gasteiger partial charge in [0.1, 0.15) is 0 Å². The first-order valence-corrected chi connectivity index (χ1v) is 11.4. The summed E-state index contributed by atoms with van der Waals surface area (Å²) < 4.78 is 23.2. The Morgan fingerprint density at radius 1 is 1.00 bits per heavy atom. The molecule has 0 aliphatic heterocycles. The highest BCUT2D eigenvalue weighted by Gasteiger charge is 2.15. The first-order valence-electron chi connectivity index (χ1n) is 9.53. The SMILES string of the molecule is C[C@H](c1ccc(S(C)(=O)=O)cc1)N(C)CCC(=O)Nc1cccc2ccccc12. The average Bonchev–Trinajstić information content (AvgIpc) is 2.71. The van der Waals surface area contributed by atoms with Gasteiger partial charge in [-0.2, -0.15) is 0 Å². The van der Waals surface area contributed by atoms with Crippen LogP contribution in [0.1, 0.15) is 24.9 Å². The fraction of sp³-hybridized carbons (Fsp3) is 0.261. The number of fused-ring (bicyclic) bond motifs is 1. The van der Waals surface area contributed by atoms with Gasteiger partial charge in [-0.3, -0.25) is 9.69 Å². The van der Waals surface area contributed by atoms with Gasteiger partial charge in [-0.1, -0.05) is 48.5 Å². The second-order valence-corrected chi connectivity index (χ2v) is 9.34. The molecular formula is C23H26N2O3S. The van der Waals surface area contributed by atoms with E-state index in [-0.39, 0.29) is 11.9 Å². The Morgan fingerprint density at radius 2 is 1.66 bits per heavy atom. The molecule has 1 N–H and O–H groups in total.